The van der Waals surface area contributed by atoms with Gasteiger partial charge >= 0.3 is 0 Å². The Kier molecular flexibility index (Phi) is 8.63. The Labute approximate surface area is 164 Å². The molecule has 130 valence electrons. The van der Waals surface area contributed by atoms with E-state index in [1.165, 1.54) is 5.39 Å². The van der Waals surface area contributed by atoms with Gasteiger partial charge in [-0.25, -0.2) is 0 Å². The number of aromatic nitrogens is 2. The molecule has 0 amide bonds. The zero-order chi connectivity index (χ0) is 17.5. The predicted molar refractivity (Wildman–Crippen MR) is 106 cm³/mol. The van der Waals surface area contributed by atoms with Crippen LogP contribution in [-0.2, 0) is 21.1 Å². The van der Waals surface area contributed by atoms with Crippen LogP contribution in [0.3, 0.4) is 0 Å². The van der Waals surface area contributed by atoms with Crippen molar-refractivity contribution in [1.82, 2.24) is 9.97 Å². The van der Waals surface area contributed by atoms with E-state index >= 15 is 0 Å². The normalized spacial score (nSPS) is 9.68. The third-order valence-electron chi connectivity index (χ3n) is 3.33. The van der Waals surface area contributed by atoms with Crippen LogP contribution in [0.15, 0.2) is 60.9 Å². The average molecular weight is 528 g/mol. The number of nitrogens with zero attached hydrogens (tertiary/aromatic N) is 3. The van der Waals surface area contributed by atoms with E-state index in [2.05, 4.69) is 66.4 Å². The molecule has 0 aliphatic rings. The standard InChI is InChI=1S/C16H10N2.C3H9P.CN.Pt/c1-3-12-7-5-11-6-8-13-4-2-10-18-16(13)14(11)15(12)17-9-1;1-4(2)3;1-2;/h1-10H;1-3H3;;/q;;-1;/p+1. The van der Waals surface area contributed by atoms with Crippen LogP contribution in [0.2, 0.25) is 0 Å². The molecule has 0 unspecified atom stereocenters. The fourth-order valence-electron chi connectivity index (χ4n) is 2.49. The monoisotopic (exact) mass is 528 g/mol. The Morgan fingerprint density at radius 2 is 1.08 bits per heavy atom. The van der Waals surface area contributed by atoms with E-state index in [0.29, 0.717) is 0 Å². The maximum Gasteiger partial charge on any atom is 0.0802 e. The van der Waals surface area contributed by atoms with Gasteiger partial charge < -0.3 is 11.8 Å². The van der Waals surface area contributed by atoms with Crippen molar-refractivity contribution in [2.45, 2.75) is 0 Å². The molecule has 2 heterocycles. The van der Waals surface area contributed by atoms with Gasteiger partial charge in [-0.2, -0.15) is 0 Å². The van der Waals surface area contributed by atoms with Crippen LogP contribution in [-0.4, -0.2) is 30.0 Å². The minimum atomic E-state index is 0. The minimum Gasteiger partial charge on any atom is -0.512 e. The molecule has 3 nitrogen and oxygen atoms in total. The Hall–Kier alpha value is -1.87. The molecule has 0 fully saturated rings. The van der Waals surface area contributed by atoms with E-state index in [1.54, 1.807) is 0 Å². The van der Waals surface area contributed by atoms with Crippen molar-refractivity contribution in [3.8, 4) is 0 Å². The number of hydrogen-bond acceptors (Lipinski definition) is 3. The summed E-state index contributed by atoms with van der Waals surface area (Å²) in [6.07, 6.45) is 3.67. The topological polar surface area (TPSA) is 49.6 Å². The first kappa shape index (κ1) is 21.2. The quantitative estimate of drug-likeness (QED) is 0.181. The largest absolute Gasteiger partial charge is 0.512 e. The molecule has 2 aromatic carbocycles. The second-order valence-electron chi connectivity index (χ2n) is 5.88. The average Bonchev–Trinajstić information content (AvgIpc) is 2.62. The molecule has 5 heteroatoms. The zero-order valence-electron chi connectivity index (χ0n) is 14.4. The summed E-state index contributed by atoms with van der Waals surface area (Å²) in [6, 6.07) is 16.6. The number of pyridine rings is 2. The van der Waals surface area contributed by atoms with Crippen LogP contribution in [0.5, 0.6) is 0 Å². The van der Waals surface area contributed by atoms with Crippen LogP contribution < -0.4 is 0 Å². The predicted octanol–water partition coefficient (Wildman–Crippen LogP) is 5.12. The molecule has 25 heavy (non-hydrogen) atoms. The van der Waals surface area contributed by atoms with Gasteiger partial charge in [0.2, 0.25) is 0 Å². The Balaban J connectivity index is 0.000000398. The molecule has 0 radical (unpaired) electrons. The van der Waals surface area contributed by atoms with E-state index in [9.17, 15) is 0 Å². The summed E-state index contributed by atoms with van der Waals surface area (Å²) in [4.78, 5) is 9.04. The van der Waals surface area contributed by atoms with Crippen LogP contribution in [0, 0.1) is 11.8 Å². The molecule has 0 aliphatic heterocycles. The van der Waals surface area contributed by atoms with Crippen molar-refractivity contribution in [3.63, 3.8) is 0 Å². The van der Waals surface area contributed by atoms with Crippen LogP contribution in [0.25, 0.3) is 32.6 Å². The van der Waals surface area contributed by atoms with Gasteiger partial charge in [0.15, 0.2) is 0 Å². The first-order valence-electron chi connectivity index (χ1n) is 7.67. The molecule has 0 atom stereocenters. The van der Waals surface area contributed by atoms with Crippen LogP contribution >= 0.6 is 7.92 Å². The van der Waals surface area contributed by atoms with Crippen molar-refractivity contribution < 1.29 is 21.1 Å². The van der Waals surface area contributed by atoms with Crippen molar-refractivity contribution in [2.75, 3.05) is 20.0 Å². The molecule has 0 saturated heterocycles. The molecule has 0 saturated carbocycles. The van der Waals surface area contributed by atoms with Gasteiger partial charge in [-0.05, 0) is 25.4 Å². The number of fused-ring (bicyclic) bond motifs is 5. The van der Waals surface area contributed by atoms with Gasteiger partial charge in [0.25, 0.3) is 0 Å². The van der Waals surface area contributed by atoms with Crippen LogP contribution in [0.4, 0.5) is 0 Å². The molecule has 0 bridgehead atoms. The number of rotatable bonds is 0. The maximum atomic E-state index is 6.25. The van der Waals surface area contributed by atoms with E-state index in [1.807, 2.05) is 24.5 Å². The molecular weight excluding hydrogens is 508 g/mol. The third kappa shape index (κ3) is 5.05. The molecule has 0 N–H and O–H groups in total. The SMILES string of the molecule is C[PH+](C)C.[C-]#N.[Pt].c1cnc2c(c1)ccc1ccc3cccnc3c12. The van der Waals surface area contributed by atoms with E-state index in [0.717, 1.165) is 27.2 Å². The fourth-order valence-corrected chi connectivity index (χ4v) is 2.49. The summed E-state index contributed by atoms with van der Waals surface area (Å²) in [5.41, 5.74) is 2.05. The van der Waals surface area contributed by atoms with Crippen molar-refractivity contribution in [1.29, 1.82) is 5.26 Å². The van der Waals surface area contributed by atoms with Crippen molar-refractivity contribution in [2.24, 2.45) is 0 Å². The number of benzene rings is 2. The molecule has 0 spiro atoms. The molecule has 0 aliphatic carbocycles. The molecule has 4 aromatic rings. The Bertz CT molecular complexity index is 910. The van der Waals surface area contributed by atoms with Gasteiger partial charge in [0.1, 0.15) is 0 Å². The van der Waals surface area contributed by atoms with Gasteiger partial charge in [0, 0.05) is 69.6 Å². The van der Waals surface area contributed by atoms with Gasteiger partial charge in [-0.3, -0.25) is 9.97 Å². The summed E-state index contributed by atoms with van der Waals surface area (Å²) in [6.45, 7) is 11.6. The molecule has 4 rings (SSSR count). The fraction of sp³-hybridized carbons (Fsp3) is 0.150. The second-order valence-corrected chi connectivity index (χ2v) is 8.88. The Morgan fingerprint density at radius 1 is 0.720 bits per heavy atom. The van der Waals surface area contributed by atoms with E-state index in [4.69, 9.17) is 11.8 Å². The molecule has 2 aromatic heterocycles. The number of hydrogen-bond donors (Lipinski definition) is 0. The summed E-state index contributed by atoms with van der Waals surface area (Å²) in [7, 11) is 0.120. The first-order valence-corrected chi connectivity index (χ1v) is 10.7. The van der Waals surface area contributed by atoms with Gasteiger partial charge in [-0.15, -0.1) is 0 Å². The first-order chi connectivity index (χ1) is 11.7. The third-order valence-corrected chi connectivity index (χ3v) is 3.33. The summed E-state index contributed by atoms with van der Waals surface area (Å²) in [5, 5.41) is 10.9. The van der Waals surface area contributed by atoms with Gasteiger partial charge in [-0.1, -0.05) is 36.4 Å². The maximum absolute atomic E-state index is 6.25. The summed E-state index contributed by atoms with van der Waals surface area (Å²) in [5.74, 6) is 0. The minimum absolute atomic E-state index is 0. The van der Waals surface area contributed by atoms with Crippen LogP contribution in [0.1, 0.15) is 0 Å². The zero-order valence-corrected chi connectivity index (χ0v) is 17.7. The Morgan fingerprint density at radius 3 is 1.48 bits per heavy atom. The van der Waals surface area contributed by atoms with E-state index in [-0.39, 0.29) is 29.0 Å². The molecular formula is C20H20N3PPt. The summed E-state index contributed by atoms with van der Waals surface area (Å²) >= 11 is 0. The van der Waals surface area contributed by atoms with E-state index < -0.39 is 0 Å². The van der Waals surface area contributed by atoms with Crippen molar-refractivity contribution in [3.05, 3.63) is 67.5 Å². The second kappa shape index (κ2) is 10.2. The smallest absolute Gasteiger partial charge is 0.0802 e. The summed E-state index contributed by atoms with van der Waals surface area (Å²) < 4.78 is 0. The van der Waals surface area contributed by atoms with Crippen molar-refractivity contribution >= 4 is 40.5 Å². The van der Waals surface area contributed by atoms with Gasteiger partial charge in [0.05, 0.1) is 11.0 Å².